The highest BCUT2D eigenvalue weighted by molar-refractivity contribution is 5.99. The predicted octanol–water partition coefficient (Wildman–Crippen LogP) is 3.54. The van der Waals surface area contributed by atoms with Gasteiger partial charge in [0.15, 0.2) is 5.78 Å². The van der Waals surface area contributed by atoms with Gasteiger partial charge in [0.2, 0.25) is 0 Å². The van der Waals surface area contributed by atoms with Gasteiger partial charge in [-0.2, -0.15) is 0 Å². The maximum absolute atomic E-state index is 12.1. The molecule has 0 amide bonds. The summed E-state index contributed by atoms with van der Waals surface area (Å²) in [4.78, 5) is 16.5. The number of Topliss-reactive ketones (excluding diaryl/α,β-unsaturated/α-hetero) is 1. The topological polar surface area (TPSA) is 39.2 Å². The van der Waals surface area contributed by atoms with E-state index in [1.54, 1.807) is 7.11 Å². The van der Waals surface area contributed by atoms with E-state index in [0.717, 1.165) is 28.6 Å². The summed E-state index contributed by atoms with van der Waals surface area (Å²) in [6.45, 7) is 3.94. The van der Waals surface area contributed by atoms with Crippen LogP contribution in [0.25, 0.3) is 10.9 Å². The summed E-state index contributed by atoms with van der Waals surface area (Å²) in [5.74, 6) is 0.159. The average molecular weight is 257 g/mol. The summed E-state index contributed by atoms with van der Waals surface area (Å²) in [7, 11) is 1.67. The Morgan fingerprint density at radius 3 is 2.84 bits per heavy atom. The van der Waals surface area contributed by atoms with Crippen LogP contribution in [-0.2, 0) is 4.74 Å². The first-order valence-electron chi connectivity index (χ1n) is 6.53. The van der Waals surface area contributed by atoms with Crippen molar-refractivity contribution in [3.63, 3.8) is 0 Å². The molecule has 0 bridgehead atoms. The number of nitrogens with zero attached hydrogens (tertiary/aromatic N) is 1. The predicted molar refractivity (Wildman–Crippen MR) is 76.5 cm³/mol. The molecule has 3 nitrogen and oxygen atoms in total. The third-order valence-corrected chi connectivity index (χ3v) is 3.33. The van der Waals surface area contributed by atoms with Gasteiger partial charge in [0.1, 0.15) is 0 Å². The third kappa shape index (κ3) is 3.38. The zero-order chi connectivity index (χ0) is 13.8. The molecule has 1 unspecified atom stereocenters. The van der Waals surface area contributed by atoms with Crippen molar-refractivity contribution in [1.29, 1.82) is 0 Å². The highest BCUT2D eigenvalue weighted by atomic mass is 16.5. The van der Waals surface area contributed by atoms with Crippen LogP contribution in [0.3, 0.4) is 0 Å². The van der Waals surface area contributed by atoms with E-state index < -0.39 is 0 Å². The molecular weight excluding hydrogens is 238 g/mol. The lowest BCUT2D eigenvalue weighted by molar-refractivity contribution is 0.0878. The standard InChI is InChI=1S/C16H19NO2/c1-11-4-6-13-10-14(7-8-15(13)17-11)16(18)9-5-12(2)19-3/h4,6-8,10,12H,5,9H2,1-3H3. The van der Waals surface area contributed by atoms with Crippen molar-refractivity contribution in [3.8, 4) is 0 Å². The Morgan fingerprint density at radius 2 is 2.11 bits per heavy atom. The smallest absolute Gasteiger partial charge is 0.162 e. The first kappa shape index (κ1) is 13.7. The highest BCUT2D eigenvalue weighted by Gasteiger charge is 2.09. The molecule has 19 heavy (non-hydrogen) atoms. The van der Waals surface area contributed by atoms with Crippen molar-refractivity contribution in [2.75, 3.05) is 7.11 Å². The van der Waals surface area contributed by atoms with E-state index in [4.69, 9.17) is 4.74 Å². The number of fused-ring (bicyclic) bond motifs is 1. The molecule has 1 aromatic heterocycles. The zero-order valence-corrected chi connectivity index (χ0v) is 11.6. The van der Waals surface area contributed by atoms with Crippen molar-refractivity contribution in [1.82, 2.24) is 4.98 Å². The van der Waals surface area contributed by atoms with E-state index in [1.165, 1.54) is 0 Å². The van der Waals surface area contributed by atoms with Gasteiger partial charge in [-0.25, -0.2) is 0 Å². The number of aromatic nitrogens is 1. The molecule has 0 radical (unpaired) electrons. The number of hydrogen-bond donors (Lipinski definition) is 0. The minimum Gasteiger partial charge on any atom is -0.382 e. The number of hydrogen-bond acceptors (Lipinski definition) is 3. The molecule has 0 N–H and O–H groups in total. The van der Waals surface area contributed by atoms with E-state index in [9.17, 15) is 4.79 Å². The number of aryl methyl sites for hydroxylation is 1. The molecule has 0 aliphatic rings. The highest BCUT2D eigenvalue weighted by Crippen LogP contribution is 2.17. The molecule has 100 valence electrons. The molecule has 0 fully saturated rings. The molecule has 0 aliphatic heterocycles. The van der Waals surface area contributed by atoms with E-state index in [1.807, 2.05) is 44.2 Å². The average Bonchev–Trinajstić information content (AvgIpc) is 2.43. The van der Waals surface area contributed by atoms with Crippen LogP contribution in [0.2, 0.25) is 0 Å². The molecule has 0 spiro atoms. The van der Waals surface area contributed by atoms with E-state index in [-0.39, 0.29) is 11.9 Å². The summed E-state index contributed by atoms with van der Waals surface area (Å²) in [5.41, 5.74) is 2.67. The Hall–Kier alpha value is -1.74. The summed E-state index contributed by atoms with van der Waals surface area (Å²) in [6.07, 6.45) is 1.38. The Morgan fingerprint density at radius 1 is 1.32 bits per heavy atom. The lowest BCUT2D eigenvalue weighted by Gasteiger charge is -2.08. The molecule has 0 saturated carbocycles. The number of carbonyl (C=O) groups is 1. The van der Waals surface area contributed by atoms with Crippen molar-refractivity contribution in [2.24, 2.45) is 0 Å². The molecule has 1 heterocycles. The van der Waals surface area contributed by atoms with Gasteiger partial charge in [-0.05, 0) is 44.5 Å². The second-order valence-corrected chi connectivity index (χ2v) is 4.87. The quantitative estimate of drug-likeness (QED) is 0.769. The number of pyridine rings is 1. The monoisotopic (exact) mass is 257 g/mol. The fourth-order valence-electron chi connectivity index (χ4n) is 2.00. The van der Waals surface area contributed by atoms with E-state index >= 15 is 0 Å². The van der Waals surface area contributed by atoms with Crippen LogP contribution in [0.5, 0.6) is 0 Å². The molecule has 1 aromatic carbocycles. The lowest BCUT2D eigenvalue weighted by Crippen LogP contribution is -2.08. The zero-order valence-electron chi connectivity index (χ0n) is 11.6. The Balaban J connectivity index is 2.16. The molecule has 2 rings (SSSR count). The van der Waals surface area contributed by atoms with Gasteiger partial charge in [-0.3, -0.25) is 9.78 Å². The Labute approximate surface area is 113 Å². The molecule has 3 heteroatoms. The number of rotatable bonds is 5. The summed E-state index contributed by atoms with van der Waals surface area (Å²) in [5, 5.41) is 1.01. The van der Waals surface area contributed by atoms with Gasteiger partial charge in [-0.15, -0.1) is 0 Å². The number of ether oxygens (including phenoxy) is 1. The Bertz CT molecular complexity index is 592. The Kier molecular flexibility index (Phi) is 4.27. The first-order valence-corrected chi connectivity index (χ1v) is 6.53. The maximum atomic E-state index is 12.1. The largest absolute Gasteiger partial charge is 0.382 e. The van der Waals surface area contributed by atoms with Gasteiger partial charge >= 0.3 is 0 Å². The van der Waals surface area contributed by atoms with Crippen LogP contribution >= 0.6 is 0 Å². The van der Waals surface area contributed by atoms with Crippen LogP contribution in [0, 0.1) is 6.92 Å². The number of benzene rings is 1. The van der Waals surface area contributed by atoms with Gasteiger partial charge in [0, 0.05) is 30.2 Å². The molecule has 2 aromatic rings. The lowest BCUT2D eigenvalue weighted by atomic mass is 10.0. The first-order chi connectivity index (χ1) is 9.10. The van der Waals surface area contributed by atoms with Crippen LogP contribution in [0.1, 0.15) is 35.8 Å². The van der Waals surface area contributed by atoms with E-state index in [0.29, 0.717) is 6.42 Å². The second-order valence-electron chi connectivity index (χ2n) is 4.87. The second kappa shape index (κ2) is 5.93. The van der Waals surface area contributed by atoms with Crippen molar-refractivity contribution in [3.05, 3.63) is 41.6 Å². The minimum atomic E-state index is 0.119. The summed E-state index contributed by atoms with van der Waals surface area (Å²) < 4.78 is 5.16. The van der Waals surface area contributed by atoms with Gasteiger partial charge < -0.3 is 4.74 Å². The summed E-state index contributed by atoms with van der Waals surface area (Å²) >= 11 is 0. The third-order valence-electron chi connectivity index (χ3n) is 3.33. The van der Waals surface area contributed by atoms with Crippen molar-refractivity contribution < 1.29 is 9.53 Å². The van der Waals surface area contributed by atoms with Gasteiger partial charge in [-0.1, -0.05) is 6.07 Å². The van der Waals surface area contributed by atoms with Crippen LogP contribution in [-0.4, -0.2) is 24.0 Å². The van der Waals surface area contributed by atoms with Crippen molar-refractivity contribution >= 4 is 16.7 Å². The van der Waals surface area contributed by atoms with Gasteiger partial charge in [0.05, 0.1) is 11.6 Å². The molecule has 0 aliphatic carbocycles. The summed E-state index contributed by atoms with van der Waals surface area (Å²) in [6, 6.07) is 9.65. The SMILES string of the molecule is COC(C)CCC(=O)c1ccc2nc(C)ccc2c1. The fourth-order valence-corrected chi connectivity index (χ4v) is 2.00. The van der Waals surface area contributed by atoms with Crippen LogP contribution < -0.4 is 0 Å². The number of carbonyl (C=O) groups excluding carboxylic acids is 1. The normalized spacial score (nSPS) is 12.6. The molecule has 1 atom stereocenters. The fraction of sp³-hybridized carbons (Fsp3) is 0.375. The van der Waals surface area contributed by atoms with Crippen LogP contribution in [0.4, 0.5) is 0 Å². The molecule has 0 saturated heterocycles. The van der Waals surface area contributed by atoms with E-state index in [2.05, 4.69) is 4.98 Å². The number of ketones is 1. The maximum Gasteiger partial charge on any atom is 0.162 e. The van der Waals surface area contributed by atoms with Crippen molar-refractivity contribution in [2.45, 2.75) is 32.8 Å². The van der Waals surface area contributed by atoms with Crippen LogP contribution in [0.15, 0.2) is 30.3 Å². The van der Waals surface area contributed by atoms with Gasteiger partial charge in [0.25, 0.3) is 0 Å². The minimum absolute atomic E-state index is 0.119. The molecular formula is C16H19NO2. The number of methoxy groups -OCH3 is 1.